The molecule has 21 heavy (non-hydrogen) atoms. The minimum absolute atomic E-state index is 0.0400. The molecule has 1 amide bonds. The van der Waals surface area contributed by atoms with E-state index in [2.05, 4.69) is 0 Å². The van der Waals surface area contributed by atoms with Crippen LogP contribution in [0.2, 0.25) is 0 Å². The van der Waals surface area contributed by atoms with Gasteiger partial charge in [-0.25, -0.2) is 0 Å². The molecule has 0 saturated carbocycles. The van der Waals surface area contributed by atoms with Crippen molar-refractivity contribution in [3.05, 3.63) is 29.8 Å². The van der Waals surface area contributed by atoms with Gasteiger partial charge in [0, 0.05) is 13.1 Å². The predicted octanol–water partition coefficient (Wildman–Crippen LogP) is 1.86. The summed E-state index contributed by atoms with van der Waals surface area (Å²) in [5, 5.41) is 9.24. The molecular weight excluding hydrogens is 271 g/mol. The molecule has 116 valence electrons. The van der Waals surface area contributed by atoms with Crippen molar-refractivity contribution < 1.29 is 14.3 Å². The van der Waals surface area contributed by atoms with E-state index in [1.807, 2.05) is 0 Å². The number of rotatable bonds is 5. The van der Waals surface area contributed by atoms with Gasteiger partial charge in [0.1, 0.15) is 5.75 Å². The van der Waals surface area contributed by atoms with Crippen molar-refractivity contribution in [1.29, 1.82) is 0 Å². The number of carbonyl (C=O) groups is 1. The molecule has 1 fully saturated rings. The third kappa shape index (κ3) is 4.43. The molecule has 0 radical (unpaired) electrons. The predicted molar refractivity (Wildman–Crippen MR) is 79.7 cm³/mol. The molecule has 1 aliphatic rings. The number of likely N-dealkylation sites (tertiary alicyclic amines) is 1. The zero-order valence-corrected chi connectivity index (χ0v) is 12.2. The van der Waals surface area contributed by atoms with Crippen LogP contribution in [0.3, 0.4) is 0 Å². The number of halogens is 1. The number of hydrogen-bond donors (Lipinski definition) is 2. The number of nitrogens with zero attached hydrogens (tertiary/aromatic N) is 1. The second kappa shape index (κ2) is 7.41. The first kappa shape index (κ1) is 15.8. The number of aromatic hydroxyl groups is 1. The summed E-state index contributed by atoms with van der Waals surface area (Å²) < 4.78 is 12.3. The molecule has 5 heteroatoms. The Kier molecular flexibility index (Phi) is 5.56. The average molecular weight is 294 g/mol. The van der Waals surface area contributed by atoms with E-state index in [1.54, 1.807) is 29.2 Å². The Morgan fingerprint density at radius 1 is 1.33 bits per heavy atom. The van der Waals surface area contributed by atoms with E-state index >= 15 is 0 Å². The smallest absolute Gasteiger partial charge is 0.239 e. The Bertz CT molecular complexity index is 456. The minimum Gasteiger partial charge on any atom is -0.508 e. The van der Waals surface area contributed by atoms with Gasteiger partial charge in [-0.1, -0.05) is 12.1 Å². The number of amides is 1. The fourth-order valence-electron chi connectivity index (χ4n) is 2.80. The molecule has 0 aromatic heterocycles. The zero-order chi connectivity index (χ0) is 15.2. The van der Waals surface area contributed by atoms with Crippen LogP contribution in [0, 0.1) is 5.92 Å². The summed E-state index contributed by atoms with van der Waals surface area (Å²) in [4.78, 5) is 14.1. The first-order valence-corrected chi connectivity index (χ1v) is 7.48. The van der Waals surface area contributed by atoms with Crippen molar-refractivity contribution in [2.75, 3.05) is 19.8 Å². The fraction of sp³-hybridized carbons (Fsp3) is 0.562. The highest BCUT2D eigenvalue weighted by atomic mass is 19.1. The Morgan fingerprint density at radius 2 is 1.95 bits per heavy atom. The second-order valence-electron chi connectivity index (χ2n) is 5.72. The summed E-state index contributed by atoms with van der Waals surface area (Å²) in [6.45, 7) is 1.07. The number of benzene rings is 1. The number of phenols is 1. The zero-order valence-electron chi connectivity index (χ0n) is 12.2. The standard InChI is InChI=1S/C16H23FN2O2/c17-8-5-12-6-9-19(10-7-12)16(21)15(18)11-13-1-3-14(20)4-2-13/h1-4,12,15,20H,5-11,18H2/t15-/m0/s1. The van der Waals surface area contributed by atoms with Crippen molar-refractivity contribution >= 4 is 5.91 Å². The van der Waals surface area contributed by atoms with Gasteiger partial charge in [0.2, 0.25) is 5.91 Å². The van der Waals surface area contributed by atoms with Crippen LogP contribution in [-0.2, 0) is 11.2 Å². The first-order chi connectivity index (χ1) is 10.1. The van der Waals surface area contributed by atoms with Crippen LogP contribution in [0.25, 0.3) is 0 Å². The van der Waals surface area contributed by atoms with E-state index in [0.717, 1.165) is 18.4 Å². The van der Waals surface area contributed by atoms with Gasteiger partial charge >= 0.3 is 0 Å². The molecule has 1 saturated heterocycles. The van der Waals surface area contributed by atoms with Gasteiger partial charge in [0.15, 0.2) is 0 Å². The van der Waals surface area contributed by atoms with Crippen LogP contribution in [-0.4, -0.2) is 41.7 Å². The van der Waals surface area contributed by atoms with Crippen LogP contribution in [0.15, 0.2) is 24.3 Å². The minimum atomic E-state index is -0.563. The van der Waals surface area contributed by atoms with Crippen molar-refractivity contribution in [1.82, 2.24) is 4.90 Å². The van der Waals surface area contributed by atoms with Gasteiger partial charge < -0.3 is 15.7 Å². The Hall–Kier alpha value is -1.62. The quantitative estimate of drug-likeness (QED) is 0.871. The normalized spacial score (nSPS) is 17.7. The van der Waals surface area contributed by atoms with Gasteiger partial charge in [-0.05, 0) is 49.3 Å². The lowest BCUT2D eigenvalue weighted by Crippen LogP contribution is -2.48. The maximum Gasteiger partial charge on any atom is 0.239 e. The third-order valence-electron chi connectivity index (χ3n) is 4.15. The maximum absolute atomic E-state index is 12.3. The van der Waals surface area contributed by atoms with Crippen molar-refractivity contribution in [3.8, 4) is 5.75 Å². The van der Waals surface area contributed by atoms with Crippen LogP contribution in [0.5, 0.6) is 5.75 Å². The number of nitrogens with two attached hydrogens (primary N) is 1. The fourth-order valence-corrected chi connectivity index (χ4v) is 2.80. The summed E-state index contributed by atoms with van der Waals surface area (Å²) in [5.41, 5.74) is 6.93. The summed E-state index contributed by atoms with van der Waals surface area (Å²) >= 11 is 0. The molecule has 0 unspecified atom stereocenters. The highest BCUT2D eigenvalue weighted by Crippen LogP contribution is 2.21. The third-order valence-corrected chi connectivity index (χ3v) is 4.15. The maximum atomic E-state index is 12.3. The number of phenolic OH excluding ortho intramolecular Hbond substituents is 1. The van der Waals surface area contributed by atoms with Crippen LogP contribution in [0.1, 0.15) is 24.8 Å². The van der Waals surface area contributed by atoms with Gasteiger partial charge in [0.05, 0.1) is 12.7 Å². The lowest BCUT2D eigenvalue weighted by molar-refractivity contribution is -0.134. The molecule has 0 aliphatic carbocycles. The highest BCUT2D eigenvalue weighted by molar-refractivity contribution is 5.82. The van der Waals surface area contributed by atoms with Crippen molar-refractivity contribution in [2.24, 2.45) is 11.7 Å². The molecule has 2 rings (SSSR count). The molecule has 1 atom stereocenters. The molecule has 1 heterocycles. The van der Waals surface area contributed by atoms with E-state index in [1.165, 1.54) is 0 Å². The second-order valence-corrected chi connectivity index (χ2v) is 5.72. The van der Waals surface area contributed by atoms with Gasteiger partial charge in [0.25, 0.3) is 0 Å². The van der Waals surface area contributed by atoms with E-state index in [-0.39, 0.29) is 18.3 Å². The average Bonchev–Trinajstić information content (AvgIpc) is 2.50. The lowest BCUT2D eigenvalue weighted by atomic mass is 9.93. The van der Waals surface area contributed by atoms with E-state index in [4.69, 9.17) is 5.73 Å². The summed E-state index contributed by atoms with van der Waals surface area (Å²) in [7, 11) is 0. The monoisotopic (exact) mass is 294 g/mol. The Labute approximate surface area is 124 Å². The Balaban J connectivity index is 1.84. The topological polar surface area (TPSA) is 66.6 Å². The number of alkyl halides is 1. The van der Waals surface area contributed by atoms with Gasteiger partial charge in [-0.2, -0.15) is 0 Å². The highest BCUT2D eigenvalue weighted by Gasteiger charge is 2.26. The summed E-state index contributed by atoms with van der Waals surface area (Å²) in [5.74, 6) is 0.558. The molecule has 1 aliphatic heterocycles. The molecule has 1 aromatic rings. The summed E-state index contributed by atoms with van der Waals surface area (Å²) in [6.07, 6.45) is 2.79. The van der Waals surface area contributed by atoms with E-state index in [9.17, 15) is 14.3 Å². The number of hydrogen-bond acceptors (Lipinski definition) is 3. The molecule has 4 nitrogen and oxygen atoms in total. The van der Waals surface area contributed by atoms with Gasteiger partial charge in [-0.3, -0.25) is 9.18 Å². The molecule has 3 N–H and O–H groups in total. The number of piperidine rings is 1. The summed E-state index contributed by atoms with van der Waals surface area (Å²) in [6, 6.07) is 6.17. The molecule has 0 bridgehead atoms. The van der Waals surface area contributed by atoms with Crippen LogP contribution in [0.4, 0.5) is 4.39 Å². The largest absolute Gasteiger partial charge is 0.508 e. The van der Waals surface area contributed by atoms with Gasteiger partial charge in [-0.15, -0.1) is 0 Å². The van der Waals surface area contributed by atoms with E-state index < -0.39 is 6.04 Å². The van der Waals surface area contributed by atoms with E-state index in [0.29, 0.717) is 31.8 Å². The lowest BCUT2D eigenvalue weighted by Gasteiger charge is -2.33. The SMILES string of the molecule is N[C@@H](Cc1ccc(O)cc1)C(=O)N1CCC(CCF)CC1. The first-order valence-electron chi connectivity index (χ1n) is 7.48. The number of carbonyl (C=O) groups excluding carboxylic acids is 1. The van der Waals surface area contributed by atoms with Crippen LogP contribution < -0.4 is 5.73 Å². The molecule has 0 spiro atoms. The van der Waals surface area contributed by atoms with Crippen LogP contribution >= 0.6 is 0 Å². The Morgan fingerprint density at radius 3 is 2.52 bits per heavy atom. The van der Waals surface area contributed by atoms with Crippen molar-refractivity contribution in [3.63, 3.8) is 0 Å². The molecular formula is C16H23FN2O2. The van der Waals surface area contributed by atoms with Crippen molar-refractivity contribution in [2.45, 2.75) is 31.7 Å². The molecule has 1 aromatic carbocycles.